The normalized spacial score (nSPS) is 10.4. The van der Waals surface area contributed by atoms with Crippen LogP contribution in [-0.4, -0.2) is 16.1 Å². The fourth-order valence-corrected chi connectivity index (χ4v) is 2.06. The van der Waals surface area contributed by atoms with Gasteiger partial charge in [-0.15, -0.1) is 6.58 Å². The van der Waals surface area contributed by atoms with Crippen LogP contribution in [0.15, 0.2) is 30.9 Å². The number of carbonyl (C=O) groups is 1. The third kappa shape index (κ3) is 2.29. The minimum atomic E-state index is 0.380. The van der Waals surface area contributed by atoms with Gasteiger partial charge in [-0.2, -0.15) is 5.10 Å². The summed E-state index contributed by atoms with van der Waals surface area (Å²) in [5, 5.41) is 4.43. The van der Waals surface area contributed by atoms with Gasteiger partial charge in [-0.05, 0) is 25.5 Å². The molecule has 2 rings (SSSR count). The van der Waals surface area contributed by atoms with Crippen molar-refractivity contribution in [3.8, 4) is 11.3 Å². The van der Waals surface area contributed by atoms with E-state index >= 15 is 0 Å². The molecule has 19 heavy (non-hydrogen) atoms. The average Bonchev–Trinajstić information content (AvgIpc) is 2.70. The zero-order valence-corrected chi connectivity index (χ0v) is 11.2. The van der Waals surface area contributed by atoms with Gasteiger partial charge in [0, 0.05) is 5.56 Å². The van der Waals surface area contributed by atoms with Crippen molar-refractivity contribution in [2.24, 2.45) is 0 Å². The SMILES string of the molecule is C=CCn1nc(-c2cc(C)ccc2C)c(C=O)c1N. The molecule has 0 radical (unpaired) electrons. The number of anilines is 1. The van der Waals surface area contributed by atoms with Crippen molar-refractivity contribution in [1.29, 1.82) is 0 Å². The number of carbonyl (C=O) groups excluding carboxylic acids is 1. The zero-order valence-electron chi connectivity index (χ0n) is 11.2. The molecule has 0 amide bonds. The van der Waals surface area contributed by atoms with E-state index in [2.05, 4.69) is 11.7 Å². The lowest BCUT2D eigenvalue weighted by molar-refractivity contribution is 0.112. The molecule has 2 N–H and O–H groups in total. The Kier molecular flexibility index (Phi) is 3.51. The fraction of sp³-hybridized carbons (Fsp3) is 0.200. The average molecular weight is 255 g/mol. The van der Waals surface area contributed by atoms with Crippen molar-refractivity contribution in [2.75, 3.05) is 5.73 Å². The molecular formula is C15H17N3O. The van der Waals surface area contributed by atoms with Gasteiger partial charge in [-0.1, -0.05) is 23.8 Å². The Morgan fingerprint density at radius 1 is 1.42 bits per heavy atom. The number of benzene rings is 1. The third-order valence-corrected chi connectivity index (χ3v) is 3.10. The number of aromatic nitrogens is 2. The van der Waals surface area contributed by atoms with Gasteiger partial charge in [0.05, 0.1) is 12.1 Å². The largest absolute Gasteiger partial charge is 0.383 e. The molecule has 0 spiro atoms. The second-order valence-electron chi connectivity index (χ2n) is 4.55. The Balaban J connectivity index is 2.67. The van der Waals surface area contributed by atoms with Gasteiger partial charge in [-0.3, -0.25) is 4.79 Å². The maximum atomic E-state index is 11.3. The van der Waals surface area contributed by atoms with Crippen LogP contribution < -0.4 is 5.73 Å². The summed E-state index contributed by atoms with van der Waals surface area (Å²) in [4.78, 5) is 11.3. The van der Waals surface area contributed by atoms with E-state index in [4.69, 9.17) is 5.73 Å². The van der Waals surface area contributed by atoms with Gasteiger partial charge in [0.25, 0.3) is 0 Å². The molecule has 0 bridgehead atoms. The summed E-state index contributed by atoms with van der Waals surface area (Å²) < 4.78 is 1.59. The minimum Gasteiger partial charge on any atom is -0.383 e. The van der Waals surface area contributed by atoms with Crippen LogP contribution in [0.5, 0.6) is 0 Å². The van der Waals surface area contributed by atoms with Crippen LogP contribution in [0.25, 0.3) is 11.3 Å². The highest BCUT2D eigenvalue weighted by Gasteiger charge is 2.17. The smallest absolute Gasteiger partial charge is 0.156 e. The molecule has 0 unspecified atom stereocenters. The first kappa shape index (κ1) is 13.1. The van der Waals surface area contributed by atoms with Crippen LogP contribution in [0, 0.1) is 13.8 Å². The second kappa shape index (κ2) is 5.10. The number of aldehydes is 1. The highest BCUT2D eigenvalue weighted by Crippen LogP contribution is 2.29. The lowest BCUT2D eigenvalue weighted by atomic mass is 10.0. The molecule has 1 aromatic heterocycles. The standard InChI is InChI=1S/C15H17N3O/c1-4-7-18-15(16)13(9-19)14(17-18)12-8-10(2)5-6-11(12)3/h4-6,8-9H,1,7,16H2,2-3H3. The summed E-state index contributed by atoms with van der Waals surface area (Å²) >= 11 is 0. The number of hydrogen-bond donors (Lipinski definition) is 1. The van der Waals surface area contributed by atoms with Crippen molar-refractivity contribution in [2.45, 2.75) is 20.4 Å². The Hall–Kier alpha value is -2.36. The minimum absolute atomic E-state index is 0.380. The molecule has 0 fully saturated rings. The Morgan fingerprint density at radius 2 is 2.16 bits per heavy atom. The zero-order chi connectivity index (χ0) is 14.0. The van der Waals surface area contributed by atoms with Crippen LogP contribution in [0.3, 0.4) is 0 Å². The molecular weight excluding hydrogens is 238 g/mol. The summed E-state index contributed by atoms with van der Waals surface area (Å²) in [6.07, 6.45) is 2.46. The number of nitrogens with two attached hydrogens (primary N) is 1. The maximum Gasteiger partial charge on any atom is 0.156 e. The molecule has 1 aromatic carbocycles. The number of aryl methyl sites for hydroxylation is 2. The number of nitrogens with zero attached hydrogens (tertiary/aromatic N) is 2. The number of nitrogen functional groups attached to an aromatic ring is 1. The van der Waals surface area contributed by atoms with Crippen molar-refractivity contribution in [3.05, 3.63) is 47.5 Å². The molecule has 0 aliphatic rings. The van der Waals surface area contributed by atoms with E-state index in [1.54, 1.807) is 10.8 Å². The van der Waals surface area contributed by atoms with E-state index in [0.717, 1.165) is 23.0 Å². The lowest BCUT2D eigenvalue weighted by Gasteiger charge is -2.04. The van der Waals surface area contributed by atoms with E-state index in [9.17, 15) is 4.79 Å². The second-order valence-corrected chi connectivity index (χ2v) is 4.55. The number of hydrogen-bond acceptors (Lipinski definition) is 3. The van der Waals surface area contributed by atoms with Crippen LogP contribution >= 0.6 is 0 Å². The molecule has 2 aromatic rings. The van der Waals surface area contributed by atoms with Gasteiger partial charge in [0.15, 0.2) is 6.29 Å². The molecule has 0 aliphatic carbocycles. The van der Waals surface area contributed by atoms with Crippen LogP contribution in [0.1, 0.15) is 21.5 Å². The van der Waals surface area contributed by atoms with E-state index in [-0.39, 0.29) is 0 Å². The highest BCUT2D eigenvalue weighted by molar-refractivity contribution is 5.92. The monoisotopic (exact) mass is 255 g/mol. The molecule has 0 saturated heterocycles. The van der Waals surface area contributed by atoms with Crippen LogP contribution in [0.4, 0.5) is 5.82 Å². The topological polar surface area (TPSA) is 60.9 Å². The first-order chi connectivity index (χ1) is 9.08. The fourth-order valence-electron chi connectivity index (χ4n) is 2.06. The first-order valence-electron chi connectivity index (χ1n) is 6.08. The van der Waals surface area contributed by atoms with Crippen LogP contribution in [-0.2, 0) is 6.54 Å². The van der Waals surface area contributed by atoms with E-state index < -0.39 is 0 Å². The predicted molar refractivity (Wildman–Crippen MR) is 77.1 cm³/mol. The Morgan fingerprint density at radius 3 is 2.79 bits per heavy atom. The third-order valence-electron chi connectivity index (χ3n) is 3.10. The summed E-state index contributed by atoms with van der Waals surface area (Å²) in [7, 11) is 0. The quantitative estimate of drug-likeness (QED) is 0.675. The lowest BCUT2D eigenvalue weighted by Crippen LogP contribution is -2.03. The first-order valence-corrected chi connectivity index (χ1v) is 6.08. The molecule has 1 heterocycles. The molecule has 4 nitrogen and oxygen atoms in total. The van der Waals surface area contributed by atoms with Gasteiger partial charge < -0.3 is 5.73 Å². The van der Waals surface area contributed by atoms with Gasteiger partial charge >= 0.3 is 0 Å². The van der Waals surface area contributed by atoms with Crippen LogP contribution in [0.2, 0.25) is 0 Å². The van der Waals surface area contributed by atoms with Crippen molar-refractivity contribution >= 4 is 12.1 Å². The summed E-state index contributed by atoms with van der Waals surface area (Å²) in [5.41, 5.74) is 10.2. The van der Waals surface area contributed by atoms with Crippen molar-refractivity contribution in [3.63, 3.8) is 0 Å². The summed E-state index contributed by atoms with van der Waals surface area (Å²) in [6.45, 7) is 8.14. The highest BCUT2D eigenvalue weighted by atomic mass is 16.1. The number of allylic oxidation sites excluding steroid dienone is 1. The maximum absolute atomic E-state index is 11.3. The van der Waals surface area contributed by atoms with Gasteiger partial charge in [0.2, 0.25) is 0 Å². The Labute approximate surface area is 112 Å². The summed E-state index contributed by atoms with van der Waals surface area (Å²) in [6, 6.07) is 6.06. The van der Waals surface area contributed by atoms with Crippen molar-refractivity contribution in [1.82, 2.24) is 9.78 Å². The van der Waals surface area contributed by atoms with E-state index in [0.29, 0.717) is 23.6 Å². The predicted octanol–water partition coefficient (Wildman–Crippen LogP) is 2.75. The van der Waals surface area contributed by atoms with Gasteiger partial charge in [0.1, 0.15) is 11.5 Å². The number of rotatable bonds is 4. The summed E-state index contributed by atoms with van der Waals surface area (Å²) in [5.74, 6) is 0.380. The van der Waals surface area contributed by atoms with Crippen molar-refractivity contribution < 1.29 is 4.79 Å². The molecule has 4 heteroatoms. The van der Waals surface area contributed by atoms with E-state index in [1.165, 1.54) is 0 Å². The Bertz CT molecular complexity index is 641. The molecule has 0 aliphatic heterocycles. The molecule has 0 atom stereocenters. The molecule has 0 saturated carbocycles. The molecule has 98 valence electrons. The van der Waals surface area contributed by atoms with Gasteiger partial charge in [-0.25, -0.2) is 4.68 Å². The van der Waals surface area contributed by atoms with E-state index in [1.807, 2.05) is 32.0 Å².